The number of piperazine rings is 1. The highest BCUT2D eigenvalue weighted by Crippen LogP contribution is 2.20. The number of carbonyl (C=O) groups is 2. The zero-order valence-electron chi connectivity index (χ0n) is 19.4. The molecule has 0 radical (unpaired) electrons. The largest absolute Gasteiger partial charge is 0.455 e. The molecule has 0 aliphatic carbocycles. The fourth-order valence-corrected chi connectivity index (χ4v) is 3.93. The van der Waals surface area contributed by atoms with Crippen molar-refractivity contribution in [1.82, 2.24) is 9.88 Å². The summed E-state index contributed by atoms with van der Waals surface area (Å²) in [5, 5.41) is 2.78. The van der Waals surface area contributed by atoms with Gasteiger partial charge in [0.05, 0.1) is 6.42 Å². The second-order valence-corrected chi connectivity index (χ2v) is 8.49. The monoisotopic (exact) mass is 458 g/mol. The van der Waals surface area contributed by atoms with Gasteiger partial charge in [-0.2, -0.15) is 0 Å². The first kappa shape index (κ1) is 23.4. The molecular formula is C27H30N4O3. The molecule has 1 aliphatic heterocycles. The Morgan fingerprint density at radius 3 is 2.32 bits per heavy atom. The number of nitrogens with one attached hydrogen (secondary N) is 1. The van der Waals surface area contributed by atoms with Crippen LogP contribution < -0.4 is 10.2 Å². The maximum atomic E-state index is 12.2. The molecule has 3 aromatic rings. The summed E-state index contributed by atoms with van der Waals surface area (Å²) in [6, 6.07) is 22.0. The Bertz CT molecular complexity index is 1080. The molecule has 176 valence electrons. The molecule has 0 atom stereocenters. The average molecular weight is 459 g/mol. The molecule has 0 bridgehead atoms. The highest BCUT2D eigenvalue weighted by atomic mass is 16.5. The number of pyridine rings is 1. The Kier molecular flexibility index (Phi) is 7.88. The molecule has 1 aromatic heterocycles. The zero-order valence-corrected chi connectivity index (χ0v) is 19.4. The quantitative estimate of drug-likeness (QED) is 0.522. The number of anilines is 2. The Balaban J connectivity index is 1.19. The van der Waals surface area contributed by atoms with Gasteiger partial charge in [0.25, 0.3) is 5.91 Å². The second kappa shape index (κ2) is 11.4. The molecular weight excluding hydrogens is 428 g/mol. The lowest BCUT2D eigenvalue weighted by atomic mass is 10.2. The van der Waals surface area contributed by atoms with Gasteiger partial charge >= 0.3 is 5.97 Å². The number of ether oxygens (including phenoxy) is 1. The van der Waals surface area contributed by atoms with Crippen molar-refractivity contribution in [3.63, 3.8) is 0 Å². The molecule has 1 amide bonds. The molecule has 7 nitrogen and oxygen atoms in total. The van der Waals surface area contributed by atoms with Crippen molar-refractivity contribution in [2.24, 2.45) is 0 Å². The first-order valence-corrected chi connectivity index (χ1v) is 11.5. The third-order valence-corrected chi connectivity index (χ3v) is 5.82. The van der Waals surface area contributed by atoms with Crippen molar-refractivity contribution in [2.45, 2.75) is 19.9 Å². The van der Waals surface area contributed by atoms with Crippen LogP contribution in [0.15, 0.2) is 72.9 Å². The van der Waals surface area contributed by atoms with Crippen LogP contribution in [-0.2, 0) is 27.3 Å². The van der Waals surface area contributed by atoms with Gasteiger partial charge < -0.3 is 15.0 Å². The first-order chi connectivity index (χ1) is 16.5. The molecule has 34 heavy (non-hydrogen) atoms. The smallest absolute Gasteiger partial charge is 0.310 e. The number of carbonyl (C=O) groups excluding carboxylic acids is 2. The molecule has 0 saturated carbocycles. The molecule has 0 spiro atoms. The summed E-state index contributed by atoms with van der Waals surface area (Å²) in [7, 11) is 0. The predicted octanol–water partition coefficient (Wildman–Crippen LogP) is 3.44. The van der Waals surface area contributed by atoms with Crippen LogP contribution in [0, 0.1) is 6.92 Å². The summed E-state index contributed by atoms with van der Waals surface area (Å²) >= 11 is 0. The maximum Gasteiger partial charge on any atom is 0.310 e. The maximum absolute atomic E-state index is 12.2. The van der Waals surface area contributed by atoms with Crippen LogP contribution in [0.2, 0.25) is 0 Å². The minimum atomic E-state index is -0.456. The third-order valence-electron chi connectivity index (χ3n) is 5.82. The Labute approximate surface area is 200 Å². The van der Waals surface area contributed by atoms with E-state index in [1.807, 2.05) is 49.4 Å². The first-order valence-electron chi connectivity index (χ1n) is 11.5. The third kappa shape index (κ3) is 6.89. The van der Waals surface area contributed by atoms with E-state index in [2.05, 4.69) is 44.4 Å². The van der Waals surface area contributed by atoms with Crippen molar-refractivity contribution >= 4 is 23.3 Å². The SMILES string of the molecule is Cc1ccc(CC(=O)OCC(=O)Nc2ccc(N3CCN(Cc4ccccc4)CC3)cc2)cn1. The Hall–Kier alpha value is -3.71. The van der Waals surface area contributed by atoms with E-state index in [4.69, 9.17) is 4.74 Å². The predicted molar refractivity (Wildman–Crippen MR) is 133 cm³/mol. The van der Waals surface area contributed by atoms with Gasteiger partial charge in [-0.05, 0) is 48.4 Å². The number of aryl methyl sites for hydroxylation is 1. The minimum Gasteiger partial charge on any atom is -0.455 e. The van der Waals surface area contributed by atoms with Crippen LogP contribution in [0.25, 0.3) is 0 Å². The molecule has 2 heterocycles. The van der Waals surface area contributed by atoms with Gasteiger partial charge in [-0.15, -0.1) is 0 Å². The summed E-state index contributed by atoms with van der Waals surface area (Å²) in [5.41, 5.74) is 4.79. The molecule has 1 fully saturated rings. The Morgan fingerprint density at radius 1 is 0.912 bits per heavy atom. The lowest BCUT2D eigenvalue weighted by Gasteiger charge is -2.36. The van der Waals surface area contributed by atoms with Crippen LogP contribution in [-0.4, -0.2) is 54.5 Å². The van der Waals surface area contributed by atoms with Crippen LogP contribution >= 0.6 is 0 Å². The molecule has 7 heteroatoms. The van der Waals surface area contributed by atoms with E-state index < -0.39 is 5.97 Å². The standard InChI is InChI=1S/C27H30N4O3/c1-21-7-8-23(18-28-21)17-27(33)34-20-26(32)29-24-9-11-25(12-10-24)31-15-13-30(14-16-31)19-22-5-3-2-4-6-22/h2-12,18H,13-17,19-20H2,1H3,(H,29,32). The average Bonchev–Trinajstić information content (AvgIpc) is 2.86. The van der Waals surface area contributed by atoms with Crippen molar-refractivity contribution < 1.29 is 14.3 Å². The van der Waals surface area contributed by atoms with Crippen LogP contribution in [0.4, 0.5) is 11.4 Å². The van der Waals surface area contributed by atoms with Gasteiger partial charge in [0.15, 0.2) is 6.61 Å². The zero-order chi connectivity index (χ0) is 23.8. The summed E-state index contributed by atoms with van der Waals surface area (Å²) in [4.78, 5) is 33.1. The van der Waals surface area contributed by atoms with E-state index >= 15 is 0 Å². The minimum absolute atomic E-state index is 0.0911. The summed E-state index contributed by atoms with van der Waals surface area (Å²) in [6.07, 6.45) is 1.73. The molecule has 4 rings (SSSR count). The van der Waals surface area contributed by atoms with Gasteiger partial charge in [0.1, 0.15) is 0 Å². The van der Waals surface area contributed by atoms with E-state index in [0.29, 0.717) is 5.69 Å². The van der Waals surface area contributed by atoms with Crippen molar-refractivity contribution in [3.05, 3.63) is 89.7 Å². The topological polar surface area (TPSA) is 74.8 Å². The number of benzene rings is 2. The molecule has 1 aliphatic rings. The van der Waals surface area contributed by atoms with Gasteiger partial charge in [0, 0.05) is 56.0 Å². The number of nitrogens with zero attached hydrogens (tertiary/aromatic N) is 3. The molecule has 0 unspecified atom stereocenters. The van der Waals surface area contributed by atoms with Crippen LogP contribution in [0.1, 0.15) is 16.8 Å². The second-order valence-electron chi connectivity index (χ2n) is 8.49. The van der Waals surface area contributed by atoms with E-state index in [1.54, 1.807) is 6.20 Å². The van der Waals surface area contributed by atoms with Crippen molar-refractivity contribution in [1.29, 1.82) is 0 Å². The molecule has 2 aromatic carbocycles. The summed E-state index contributed by atoms with van der Waals surface area (Å²) in [6.45, 7) is 6.49. The van der Waals surface area contributed by atoms with E-state index in [9.17, 15) is 9.59 Å². The summed E-state index contributed by atoms with van der Waals surface area (Å²) < 4.78 is 5.09. The number of amides is 1. The number of aromatic nitrogens is 1. The fraction of sp³-hybridized carbons (Fsp3) is 0.296. The van der Waals surface area contributed by atoms with Gasteiger partial charge in [-0.1, -0.05) is 36.4 Å². The van der Waals surface area contributed by atoms with E-state index in [-0.39, 0.29) is 18.9 Å². The lowest BCUT2D eigenvalue weighted by Crippen LogP contribution is -2.45. The highest BCUT2D eigenvalue weighted by Gasteiger charge is 2.17. The number of rotatable bonds is 8. The van der Waals surface area contributed by atoms with E-state index in [0.717, 1.165) is 49.7 Å². The van der Waals surface area contributed by atoms with Crippen molar-refractivity contribution in [3.8, 4) is 0 Å². The fourth-order valence-electron chi connectivity index (χ4n) is 3.93. The van der Waals surface area contributed by atoms with Gasteiger partial charge in [0.2, 0.25) is 0 Å². The number of hydrogen-bond acceptors (Lipinski definition) is 6. The van der Waals surface area contributed by atoms with Crippen molar-refractivity contribution in [2.75, 3.05) is 43.0 Å². The molecule has 1 saturated heterocycles. The van der Waals surface area contributed by atoms with Crippen LogP contribution in [0.5, 0.6) is 0 Å². The normalized spacial score (nSPS) is 14.0. The highest BCUT2D eigenvalue weighted by molar-refractivity contribution is 5.93. The number of esters is 1. The van der Waals surface area contributed by atoms with Gasteiger partial charge in [-0.25, -0.2) is 0 Å². The summed E-state index contributed by atoms with van der Waals surface area (Å²) in [5.74, 6) is -0.819. The van der Waals surface area contributed by atoms with E-state index in [1.165, 1.54) is 5.56 Å². The lowest BCUT2D eigenvalue weighted by molar-refractivity contribution is -0.146. The van der Waals surface area contributed by atoms with Gasteiger partial charge in [-0.3, -0.25) is 19.5 Å². The molecule has 1 N–H and O–H groups in total. The Morgan fingerprint density at radius 2 is 1.65 bits per heavy atom. The van der Waals surface area contributed by atoms with Crippen LogP contribution in [0.3, 0.4) is 0 Å². The number of hydrogen-bond donors (Lipinski definition) is 1.